The first-order chi connectivity index (χ1) is 10.2. The molecule has 0 saturated carbocycles. The molecule has 2 aromatic rings. The van der Waals surface area contributed by atoms with Crippen LogP contribution in [-0.2, 0) is 22.1 Å². The lowest BCUT2D eigenvalue weighted by atomic mass is 10.2. The maximum Gasteiger partial charge on any atom is 0.336 e. The van der Waals surface area contributed by atoms with Gasteiger partial charge in [-0.1, -0.05) is 76.6 Å². The lowest BCUT2D eigenvalue weighted by molar-refractivity contribution is 0.159. The summed E-state index contributed by atoms with van der Waals surface area (Å²) in [5.74, 6) is 0. The molecule has 0 radical (unpaired) electrons. The Labute approximate surface area is 136 Å². The molecule has 0 N–H and O–H groups in total. The molecule has 112 valence electrons. The van der Waals surface area contributed by atoms with Crippen LogP contribution in [0.25, 0.3) is 0 Å². The Morgan fingerprint density at radius 2 is 1.24 bits per heavy atom. The quantitative estimate of drug-likeness (QED) is 0.490. The third kappa shape index (κ3) is 5.75. The van der Waals surface area contributed by atoms with Crippen LogP contribution in [0.1, 0.15) is 11.1 Å². The molecule has 0 saturated heterocycles. The van der Waals surface area contributed by atoms with Gasteiger partial charge >= 0.3 is 8.56 Å². The highest BCUT2D eigenvalue weighted by Gasteiger charge is 2.30. The van der Waals surface area contributed by atoms with Crippen molar-refractivity contribution >= 4 is 24.5 Å². The van der Waals surface area contributed by atoms with E-state index in [0.717, 1.165) is 11.4 Å². The van der Waals surface area contributed by atoms with Gasteiger partial charge in [0.05, 0.1) is 13.2 Å². The molecule has 0 aliphatic heterocycles. The standard InChI is InChI=1S/C17H21BrO2Si/c1-21(13-12-18,19-14-16-8-4-2-5-9-16)20-15-17-10-6-3-7-11-17/h2-11H,12-15H2,1H3. The molecule has 0 bridgehead atoms. The fourth-order valence-electron chi connectivity index (χ4n) is 1.98. The number of rotatable bonds is 8. The molecule has 4 heteroatoms. The van der Waals surface area contributed by atoms with Crippen LogP contribution in [0, 0.1) is 0 Å². The van der Waals surface area contributed by atoms with E-state index in [1.807, 2.05) is 36.4 Å². The van der Waals surface area contributed by atoms with Gasteiger partial charge in [-0.3, -0.25) is 0 Å². The zero-order valence-electron chi connectivity index (χ0n) is 12.3. The molecule has 21 heavy (non-hydrogen) atoms. The van der Waals surface area contributed by atoms with Gasteiger partial charge in [-0.2, -0.15) is 0 Å². The molecule has 0 atom stereocenters. The molecule has 0 aliphatic rings. The van der Waals surface area contributed by atoms with E-state index in [9.17, 15) is 0 Å². The minimum Gasteiger partial charge on any atom is -0.390 e. The number of benzene rings is 2. The molecule has 2 rings (SSSR count). The first kappa shape index (κ1) is 16.4. The van der Waals surface area contributed by atoms with Crippen LogP contribution in [-0.4, -0.2) is 13.9 Å². The Morgan fingerprint density at radius 3 is 1.62 bits per heavy atom. The molecule has 0 heterocycles. The van der Waals surface area contributed by atoms with Gasteiger partial charge in [0.15, 0.2) is 0 Å². The first-order valence-corrected chi connectivity index (χ1v) is 10.8. The highest BCUT2D eigenvalue weighted by molar-refractivity contribution is 9.09. The molecule has 0 spiro atoms. The average molecular weight is 365 g/mol. The smallest absolute Gasteiger partial charge is 0.336 e. The molecule has 2 aromatic carbocycles. The molecule has 0 unspecified atom stereocenters. The normalized spacial score (nSPS) is 11.5. The first-order valence-electron chi connectivity index (χ1n) is 7.13. The van der Waals surface area contributed by atoms with E-state index < -0.39 is 8.56 Å². The summed E-state index contributed by atoms with van der Waals surface area (Å²) in [5.41, 5.74) is 2.38. The second-order valence-corrected chi connectivity index (χ2v) is 9.26. The summed E-state index contributed by atoms with van der Waals surface area (Å²) in [5, 5.41) is 0.902. The van der Waals surface area contributed by atoms with Crippen molar-refractivity contribution in [1.82, 2.24) is 0 Å². The van der Waals surface area contributed by atoms with Crippen LogP contribution >= 0.6 is 15.9 Å². The van der Waals surface area contributed by atoms with Crippen molar-refractivity contribution in [2.24, 2.45) is 0 Å². The van der Waals surface area contributed by atoms with Crippen molar-refractivity contribution in [2.45, 2.75) is 25.8 Å². The highest BCUT2D eigenvalue weighted by Crippen LogP contribution is 2.19. The summed E-state index contributed by atoms with van der Waals surface area (Å²) >= 11 is 3.51. The van der Waals surface area contributed by atoms with Crippen molar-refractivity contribution in [1.29, 1.82) is 0 Å². The van der Waals surface area contributed by atoms with Gasteiger partial charge in [-0.15, -0.1) is 0 Å². The van der Waals surface area contributed by atoms with Gasteiger partial charge in [-0.25, -0.2) is 0 Å². The van der Waals surface area contributed by atoms with Crippen LogP contribution in [0.3, 0.4) is 0 Å². The lowest BCUT2D eigenvalue weighted by Gasteiger charge is -2.26. The number of hydrogen-bond donors (Lipinski definition) is 0. The molecule has 0 aliphatic carbocycles. The van der Waals surface area contributed by atoms with Crippen molar-refractivity contribution in [3.63, 3.8) is 0 Å². The maximum atomic E-state index is 6.16. The second kappa shape index (κ2) is 8.49. The summed E-state index contributed by atoms with van der Waals surface area (Å²) in [6.07, 6.45) is 0. The van der Waals surface area contributed by atoms with Crippen molar-refractivity contribution in [3.05, 3.63) is 71.8 Å². The lowest BCUT2D eigenvalue weighted by Crippen LogP contribution is -2.38. The van der Waals surface area contributed by atoms with Crippen molar-refractivity contribution in [2.75, 3.05) is 5.33 Å². The monoisotopic (exact) mass is 364 g/mol. The largest absolute Gasteiger partial charge is 0.390 e. The Bertz CT molecular complexity index is 475. The van der Waals surface area contributed by atoms with E-state index in [1.54, 1.807) is 0 Å². The van der Waals surface area contributed by atoms with Crippen LogP contribution in [0.5, 0.6) is 0 Å². The van der Waals surface area contributed by atoms with E-state index in [2.05, 4.69) is 46.7 Å². The van der Waals surface area contributed by atoms with E-state index in [4.69, 9.17) is 8.85 Å². The summed E-state index contributed by atoms with van der Waals surface area (Å²) in [6, 6.07) is 21.4. The van der Waals surface area contributed by atoms with E-state index in [1.165, 1.54) is 11.1 Å². The SMILES string of the molecule is C[Si](CCBr)(OCc1ccccc1)OCc1ccccc1. The summed E-state index contributed by atoms with van der Waals surface area (Å²) < 4.78 is 12.3. The Hall–Kier alpha value is -0.943. The van der Waals surface area contributed by atoms with Crippen LogP contribution in [0.15, 0.2) is 60.7 Å². The molecule has 0 fully saturated rings. The predicted octanol–water partition coefficient (Wildman–Crippen LogP) is 4.89. The highest BCUT2D eigenvalue weighted by atomic mass is 79.9. The molecular weight excluding hydrogens is 344 g/mol. The summed E-state index contributed by atoms with van der Waals surface area (Å²) in [7, 11) is -2.16. The fraction of sp³-hybridized carbons (Fsp3) is 0.294. The van der Waals surface area contributed by atoms with Crippen LogP contribution < -0.4 is 0 Å². The molecule has 2 nitrogen and oxygen atoms in total. The van der Waals surface area contributed by atoms with Gasteiger partial charge in [0, 0.05) is 11.4 Å². The van der Waals surface area contributed by atoms with E-state index in [-0.39, 0.29) is 0 Å². The third-order valence-electron chi connectivity index (χ3n) is 3.32. The zero-order valence-corrected chi connectivity index (χ0v) is 14.9. The minimum absolute atomic E-state index is 0.616. The molecule has 0 aromatic heterocycles. The molecule has 0 amide bonds. The number of halogens is 1. The van der Waals surface area contributed by atoms with Crippen LogP contribution in [0.2, 0.25) is 12.6 Å². The third-order valence-corrected chi connectivity index (χ3v) is 7.12. The summed E-state index contributed by atoms with van der Waals surface area (Å²) in [4.78, 5) is 0. The van der Waals surface area contributed by atoms with E-state index in [0.29, 0.717) is 13.2 Å². The average Bonchev–Trinajstić information content (AvgIpc) is 2.54. The fourth-order valence-corrected chi connectivity index (χ4v) is 5.80. The predicted molar refractivity (Wildman–Crippen MR) is 92.7 cm³/mol. The van der Waals surface area contributed by atoms with Gasteiger partial charge in [0.25, 0.3) is 0 Å². The minimum atomic E-state index is -2.16. The zero-order chi connectivity index (χ0) is 15.0. The number of hydrogen-bond acceptors (Lipinski definition) is 2. The van der Waals surface area contributed by atoms with Gasteiger partial charge in [-0.05, 0) is 17.7 Å². The van der Waals surface area contributed by atoms with Crippen molar-refractivity contribution < 1.29 is 8.85 Å². The summed E-state index contributed by atoms with van der Waals surface area (Å²) in [6.45, 7) is 3.37. The molecular formula is C17H21BrO2Si. The van der Waals surface area contributed by atoms with Gasteiger partial charge in [0.1, 0.15) is 0 Å². The topological polar surface area (TPSA) is 18.5 Å². The Morgan fingerprint density at radius 1 is 0.810 bits per heavy atom. The van der Waals surface area contributed by atoms with Gasteiger partial charge in [0.2, 0.25) is 0 Å². The maximum absolute atomic E-state index is 6.16. The Kier molecular flexibility index (Phi) is 6.64. The van der Waals surface area contributed by atoms with Gasteiger partial charge < -0.3 is 8.85 Å². The Balaban J connectivity index is 1.92. The van der Waals surface area contributed by atoms with Crippen LogP contribution in [0.4, 0.5) is 0 Å². The van der Waals surface area contributed by atoms with E-state index >= 15 is 0 Å². The van der Waals surface area contributed by atoms with Crippen molar-refractivity contribution in [3.8, 4) is 0 Å². The second-order valence-electron chi connectivity index (χ2n) is 5.12. The number of alkyl halides is 1.